The van der Waals surface area contributed by atoms with Gasteiger partial charge in [-0.2, -0.15) is 13.2 Å². The Morgan fingerprint density at radius 1 is 1.35 bits per heavy atom. The summed E-state index contributed by atoms with van der Waals surface area (Å²) in [6.07, 6.45) is -2.85. The summed E-state index contributed by atoms with van der Waals surface area (Å²) in [6.45, 7) is 3.46. The maximum Gasteiger partial charge on any atom is 0.416 e. The van der Waals surface area contributed by atoms with Gasteiger partial charge in [-0.1, -0.05) is 12.1 Å². The molecule has 0 bridgehead atoms. The van der Waals surface area contributed by atoms with Crippen molar-refractivity contribution in [3.05, 3.63) is 42.5 Å². The lowest BCUT2D eigenvalue weighted by Crippen LogP contribution is -2.31. The number of imide groups is 1. The Labute approximate surface area is 112 Å². The number of hydrogen-bond donors (Lipinski definition) is 1. The third-order valence-corrected chi connectivity index (χ3v) is 2.85. The molecule has 1 aromatic rings. The highest BCUT2D eigenvalue weighted by molar-refractivity contribution is 6.21. The molecule has 1 N–H and O–H groups in total. The Balaban J connectivity index is 2.34. The summed E-state index contributed by atoms with van der Waals surface area (Å²) in [5.74, 6) is -0.589. The van der Waals surface area contributed by atoms with Crippen molar-refractivity contribution in [2.75, 3.05) is 4.90 Å². The van der Waals surface area contributed by atoms with E-state index in [2.05, 4.69) is 11.9 Å². The van der Waals surface area contributed by atoms with Crippen LogP contribution in [0.5, 0.6) is 0 Å². The maximum atomic E-state index is 12.6. The Kier molecular flexibility index (Phi) is 3.52. The van der Waals surface area contributed by atoms with Crippen molar-refractivity contribution in [3.63, 3.8) is 0 Å². The summed E-state index contributed by atoms with van der Waals surface area (Å²) >= 11 is 0. The molecule has 2 rings (SSSR count). The van der Waals surface area contributed by atoms with Gasteiger partial charge in [0.25, 0.3) is 5.91 Å². The molecular formula is C13H11F3N2O2. The van der Waals surface area contributed by atoms with Gasteiger partial charge in [0.1, 0.15) is 6.04 Å². The molecule has 0 aromatic heterocycles. The monoisotopic (exact) mass is 284 g/mol. The first-order valence-corrected chi connectivity index (χ1v) is 5.77. The summed E-state index contributed by atoms with van der Waals surface area (Å²) in [7, 11) is 0. The summed E-state index contributed by atoms with van der Waals surface area (Å²) < 4.78 is 37.9. The first-order valence-electron chi connectivity index (χ1n) is 5.77. The van der Waals surface area contributed by atoms with Crippen molar-refractivity contribution in [3.8, 4) is 0 Å². The van der Waals surface area contributed by atoms with Crippen molar-refractivity contribution in [1.29, 1.82) is 0 Å². The van der Waals surface area contributed by atoms with Crippen LogP contribution < -0.4 is 10.2 Å². The van der Waals surface area contributed by atoms with Crippen LogP contribution in [-0.4, -0.2) is 18.0 Å². The van der Waals surface area contributed by atoms with Gasteiger partial charge in [0.2, 0.25) is 0 Å². The number of hydrogen-bond acceptors (Lipinski definition) is 2. The number of nitrogens with one attached hydrogen (secondary N) is 1. The first-order chi connectivity index (χ1) is 9.34. The number of urea groups is 1. The second-order valence-electron chi connectivity index (χ2n) is 4.25. The molecule has 106 valence electrons. The lowest BCUT2D eigenvalue weighted by molar-refractivity contribution is -0.137. The third-order valence-electron chi connectivity index (χ3n) is 2.85. The Morgan fingerprint density at radius 2 is 2.05 bits per heavy atom. The van der Waals surface area contributed by atoms with E-state index < -0.39 is 29.7 Å². The van der Waals surface area contributed by atoms with Gasteiger partial charge in [-0.05, 0) is 24.6 Å². The minimum absolute atomic E-state index is 0.103. The molecular weight excluding hydrogens is 273 g/mol. The minimum atomic E-state index is -4.53. The van der Waals surface area contributed by atoms with Crippen LogP contribution in [0.15, 0.2) is 36.9 Å². The minimum Gasteiger partial charge on any atom is -0.325 e. The summed E-state index contributed by atoms with van der Waals surface area (Å²) in [6, 6.07) is 2.56. The SMILES string of the molecule is C=CCC1NC(=O)N(c2cccc(C(F)(F)F)c2)C1=O. The van der Waals surface area contributed by atoms with E-state index in [4.69, 9.17) is 0 Å². The number of nitrogens with zero attached hydrogens (tertiary/aromatic N) is 1. The van der Waals surface area contributed by atoms with Crippen molar-refractivity contribution < 1.29 is 22.8 Å². The number of alkyl halides is 3. The van der Waals surface area contributed by atoms with E-state index in [1.807, 2.05) is 0 Å². The van der Waals surface area contributed by atoms with Gasteiger partial charge in [0.05, 0.1) is 11.3 Å². The van der Waals surface area contributed by atoms with E-state index >= 15 is 0 Å². The molecule has 1 unspecified atom stereocenters. The van der Waals surface area contributed by atoms with Gasteiger partial charge in [-0.25, -0.2) is 9.69 Å². The zero-order valence-corrected chi connectivity index (χ0v) is 10.3. The second-order valence-corrected chi connectivity index (χ2v) is 4.25. The topological polar surface area (TPSA) is 49.4 Å². The fourth-order valence-corrected chi connectivity index (χ4v) is 1.92. The van der Waals surface area contributed by atoms with Crippen LogP contribution in [0.3, 0.4) is 0 Å². The fourth-order valence-electron chi connectivity index (χ4n) is 1.92. The van der Waals surface area contributed by atoms with Gasteiger partial charge >= 0.3 is 12.2 Å². The molecule has 1 aromatic carbocycles. The number of carbonyl (C=O) groups excluding carboxylic acids is 2. The lowest BCUT2D eigenvalue weighted by atomic mass is 10.1. The number of rotatable bonds is 3. The summed E-state index contributed by atoms with van der Waals surface area (Å²) in [4.78, 5) is 24.4. The Morgan fingerprint density at radius 3 is 2.65 bits per heavy atom. The molecule has 0 spiro atoms. The van der Waals surface area contributed by atoms with Crippen molar-refractivity contribution in [1.82, 2.24) is 5.32 Å². The number of benzene rings is 1. The third kappa shape index (κ3) is 2.52. The fraction of sp³-hybridized carbons (Fsp3) is 0.231. The van der Waals surface area contributed by atoms with E-state index in [1.54, 1.807) is 0 Å². The van der Waals surface area contributed by atoms with Crippen molar-refractivity contribution >= 4 is 17.6 Å². The summed E-state index contributed by atoms with van der Waals surface area (Å²) in [5.41, 5.74) is -1.02. The highest BCUT2D eigenvalue weighted by Gasteiger charge is 2.39. The molecule has 0 aliphatic carbocycles. The molecule has 7 heteroatoms. The van der Waals surface area contributed by atoms with Gasteiger partial charge < -0.3 is 5.32 Å². The van der Waals surface area contributed by atoms with E-state index in [0.29, 0.717) is 4.90 Å². The van der Waals surface area contributed by atoms with Crippen LogP contribution in [-0.2, 0) is 11.0 Å². The molecule has 1 saturated heterocycles. The zero-order valence-electron chi connectivity index (χ0n) is 10.3. The van der Waals surface area contributed by atoms with Gasteiger partial charge in [0, 0.05) is 0 Å². The van der Waals surface area contributed by atoms with E-state index in [0.717, 1.165) is 18.2 Å². The molecule has 3 amide bonds. The predicted octanol–water partition coefficient (Wildman–Crippen LogP) is 2.71. The number of carbonyl (C=O) groups is 2. The van der Waals surface area contributed by atoms with Crippen LogP contribution >= 0.6 is 0 Å². The van der Waals surface area contributed by atoms with E-state index in [-0.39, 0.29) is 12.1 Å². The van der Waals surface area contributed by atoms with Crippen molar-refractivity contribution in [2.24, 2.45) is 0 Å². The molecule has 4 nitrogen and oxygen atoms in total. The number of amides is 3. The maximum absolute atomic E-state index is 12.6. The van der Waals surface area contributed by atoms with E-state index in [9.17, 15) is 22.8 Å². The summed E-state index contributed by atoms with van der Waals surface area (Å²) in [5, 5.41) is 2.40. The molecule has 1 aliphatic rings. The molecule has 20 heavy (non-hydrogen) atoms. The lowest BCUT2D eigenvalue weighted by Gasteiger charge is -2.15. The average Bonchev–Trinajstić information content (AvgIpc) is 2.64. The van der Waals surface area contributed by atoms with Gasteiger partial charge in [0.15, 0.2) is 0 Å². The average molecular weight is 284 g/mol. The Bertz CT molecular complexity index is 569. The predicted molar refractivity (Wildman–Crippen MR) is 66.1 cm³/mol. The van der Waals surface area contributed by atoms with Gasteiger partial charge in [-0.3, -0.25) is 4.79 Å². The zero-order chi connectivity index (χ0) is 14.9. The smallest absolute Gasteiger partial charge is 0.325 e. The standard InChI is InChI=1S/C13H11F3N2O2/c1-2-4-10-11(19)18(12(20)17-10)9-6-3-5-8(7-9)13(14,15)16/h2-3,5-7,10H,1,4H2,(H,17,20). The second kappa shape index (κ2) is 4.99. The first kappa shape index (κ1) is 14.1. The molecule has 1 fully saturated rings. The highest BCUT2D eigenvalue weighted by atomic mass is 19.4. The Hall–Kier alpha value is -2.31. The molecule has 0 saturated carbocycles. The highest BCUT2D eigenvalue weighted by Crippen LogP contribution is 2.32. The normalized spacial score (nSPS) is 19.1. The molecule has 1 heterocycles. The van der Waals surface area contributed by atoms with Crippen LogP contribution in [0, 0.1) is 0 Å². The van der Waals surface area contributed by atoms with E-state index in [1.165, 1.54) is 12.1 Å². The van der Waals surface area contributed by atoms with Crippen molar-refractivity contribution in [2.45, 2.75) is 18.6 Å². The molecule has 1 atom stereocenters. The van der Waals surface area contributed by atoms with Crippen LogP contribution in [0.1, 0.15) is 12.0 Å². The van der Waals surface area contributed by atoms with Gasteiger partial charge in [-0.15, -0.1) is 6.58 Å². The number of anilines is 1. The van der Waals surface area contributed by atoms with Crippen LogP contribution in [0.4, 0.5) is 23.7 Å². The van der Waals surface area contributed by atoms with Crippen LogP contribution in [0.25, 0.3) is 0 Å². The largest absolute Gasteiger partial charge is 0.416 e. The molecule has 1 aliphatic heterocycles. The quantitative estimate of drug-likeness (QED) is 0.685. The number of halogens is 3. The molecule has 0 radical (unpaired) electrons. The van der Waals surface area contributed by atoms with Crippen LogP contribution in [0.2, 0.25) is 0 Å².